The van der Waals surface area contributed by atoms with Gasteiger partial charge in [-0.3, -0.25) is 0 Å². The van der Waals surface area contributed by atoms with Crippen LogP contribution in [0.1, 0.15) is 36.6 Å². The van der Waals surface area contributed by atoms with E-state index in [0.717, 1.165) is 62.5 Å². The Hall–Kier alpha value is -2.34. The first-order valence-corrected chi connectivity index (χ1v) is 9.82. The van der Waals surface area contributed by atoms with Gasteiger partial charge in [0, 0.05) is 43.6 Å². The van der Waals surface area contributed by atoms with Crippen molar-refractivity contribution in [1.82, 2.24) is 19.4 Å². The molecule has 3 rings (SSSR count). The topological polar surface area (TPSA) is 53.4 Å². The molecule has 146 valence electrons. The van der Waals surface area contributed by atoms with E-state index in [1.54, 1.807) is 0 Å². The summed E-state index contributed by atoms with van der Waals surface area (Å²) in [5, 5.41) is 3.06. The minimum absolute atomic E-state index is 0.0142. The number of hydrogen-bond acceptors (Lipinski definition) is 3. The van der Waals surface area contributed by atoms with Crippen molar-refractivity contribution in [3.63, 3.8) is 0 Å². The highest BCUT2D eigenvalue weighted by molar-refractivity contribution is 5.90. The van der Waals surface area contributed by atoms with Crippen molar-refractivity contribution in [2.75, 3.05) is 39.0 Å². The van der Waals surface area contributed by atoms with Gasteiger partial charge in [-0.1, -0.05) is 18.2 Å². The molecule has 2 amide bonds. The molecule has 6 nitrogen and oxygen atoms in total. The molecule has 1 aromatic carbocycles. The Bertz CT molecular complexity index is 755. The summed E-state index contributed by atoms with van der Waals surface area (Å²) in [6.07, 6.45) is 7.14. The van der Waals surface area contributed by atoms with Crippen LogP contribution >= 0.6 is 0 Å². The molecule has 0 spiro atoms. The number of carbonyl (C=O) groups excluding carboxylic acids is 1. The summed E-state index contributed by atoms with van der Waals surface area (Å²) in [5.41, 5.74) is 1.96. The van der Waals surface area contributed by atoms with Gasteiger partial charge in [0.25, 0.3) is 0 Å². The molecule has 6 heteroatoms. The van der Waals surface area contributed by atoms with E-state index in [0.29, 0.717) is 5.92 Å². The summed E-state index contributed by atoms with van der Waals surface area (Å²) in [5.74, 6) is 1.41. The summed E-state index contributed by atoms with van der Waals surface area (Å²) in [4.78, 5) is 21.5. The average Bonchev–Trinajstić information content (AvgIpc) is 3.12. The number of rotatable bonds is 6. The maximum atomic E-state index is 12.7. The minimum Gasteiger partial charge on any atom is -0.335 e. The molecule has 1 aromatic heterocycles. The van der Waals surface area contributed by atoms with E-state index in [-0.39, 0.29) is 6.03 Å². The summed E-state index contributed by atoms with van der Waals surface area (Å²) in [7, 11) is 4.20. The van der Waals surface area contributed by atoms with Crippen LogP contribution in [0.3, 0.4) is 0 Å². The van der Waals surface area contributed by atoms with E-state index in [2.05, 4.69) is 40.1 Å². The van der Waals surface area contributed by atoms with Gasteiger partial charge >= 0.3 is 6.03 Å². The van der Waals surface area contributed by atoms with E-state index in [1.165, 1.54) is 0 Å². The van der Waals surface area contributed by atoms with Crippen LogP contribution in [0.5, 0.6) is 0 Å². The van der Waals surface area contributed by atoms with Crippen LogP contribution in [0, 0.1) is 6.92 Å². The Labute approximate surface area is 162 Å². The lowest BCUT2D eigenvalue weighted by atomic mass is 9.97. The number of hydrogen-bond donors (Lipinski definition) is 1. The predicted molar refractivity (Wildman–Crippen MR) is 109 cm³/mol. The van der Waals surface area contributed by atoms with E-state index in [1.807, 2.05) is 42.3 Å². The van der Waals surface area contributed by atoms with Crippen LogP contribution < -0.4 is 5.32 Å². The first-order chi connectivity index (χ1) is 13.0. The number of likely N-dealkylation sites (tertiary alicyclic amines) is 1. The van der Waals surface area contributed by atoms with Crippen LogP contribution in [0.2, 0.25) is 0 Å². The minimum atomic E-state index is -0.0142. The lowest BCUT2D eigenvalue weighted by molar-refractivity contribution is 0.190. The number of benzene rings is 1. The van der Waals surface area contributed by atoms with Crippen molar-refractivity contribution < 1.29 is 4.79 Å². The van der Waals surface area contributed by atoms with E-state index in [9.17, 15) is 4.79 Å². The molecular formula is C21H31N5O. The molecule has 0 aliphatic carbocycles. The maximum absolute atomic E-state index is 12.7. The van der Waals surface area contributed by atoms with Gasteiger partial charge in [0.15, 0.2) is 0 Å². The molecular weight excluding hydrogens is 338 g/mol. The van der Waals surface area contributed by atoms with E-state index >= 15 is 0 Å². The molecule has 2 heterocycles. The van der Waals surface area contributed by atoms with Crippen molar-refractivity contribution in [1.29, 1.82) is 0 Å². The molecule has 0 radical (unpaired) electrons. The van der Waals surface area contributed by atoms with Crippen LogP contribution in [-0.4, -0.2) is 59.1 Å². The lowest BCUT2D eigenvalue weighted by Gasteiger charge is -2.33. The Balaban J connectivity index is 1.62. The fourth-order valence-corrected chi connectivity index (χ4v) is 3.71. The summed E-state index contributed by atoms with van der Waals surface area (Å²) >= 11 is 0. The van der Waals surface area contributed by atoms with Gasteiger partial charge in [-0.2, -0.15) is 0 Å². The summed E-state index contributed by atoms with van der Waals surface area (Å²) in [6.45, 7) is 5.57. The van der Waals surface area contributed by atoms with Gasteiger partial charge < -0.3 is 19.7 Å². The second-order valence-corrected chi connectivity index (χ2v) is 7.67. The zero-order valence-electron chi connectivity index (χ0n) is 16.7. The number of imidazole rings is 1. The van der Waals surface area contributed by atoms with Gasteiger partial charge in [-0.15, -0.1) is 0 Å². The third kappa shape index (κ3) is 5.10. The number of aryl methyl sites for hydroxylation is 2. The largest absolute Gasteiger partial charge is 0.335 e. The van der Waals surface area contributed by atoms with Crippen LogP contribution in [0.15, 0.2) is 36.7 Å². The molecule has 1 unspecified atom stereocenters. The summed E-state index contributed by atoms with van der Waals surface area (Å²) < 4.78 is 2.26. The van der Waals surface area contributed by atoms with Crippen molar-refractivity contribution in [2.24, 2.45) is 0 Å². The third-order valence-corrected chi connectivity index (χ3v) is 5.21. The molecule has 0 bridgehead atoms. The predicted octanol–water partition coefficient (Wildman–Crippen LogP) is 3.55. The van der Waals surface area contributed by atoms with Crippen LogP contribution in [0.25, 0.3) is 0 Å². The highest BCUT2D eigenvalue weighted by atomic mass is 16.2. The SMILES string of the molecule is Cc1ccccc1NC(=O)N1CCCC(c2nccn2CCCN(C)C)C1. The Kier molecular flexibility index (Phi) is 6.50. The van der Waals surface area contributed by atoms with Crippen molar-refractivity contribution in [3.05, 3.63) is 48.0 Å². The number of urea groups is 1. The molecule has 1 saturated heterocycles. The molecule has 1 aliphatic heterocycles. The van der Waals surface area contributed by atoms with Crippen molar-refractivity contribution in [2.45, 2.75) is 38.6 Å². The zero-order valence-corrected chi connectivity index (χ0v) is 16.7. The molecule has 1 atom stereocenters. The lowest BCUT2D eigenvalue weighted by Crippen LogP contribution is -2.42. The number of nitrogens with zero attached hydrogens (tertiary/aromatic N) is 4. The molecule has 2 aromatic rings. The maximum Gasteiger partial charge on any atom is 0.321 e. The first-order valence-electron chi connectivity index (χ1n) is 9.82. The fraction of sp³-hybridized carbons (Fsp3) is 0.524. The van der Waals surface area contributed by atoms with E-state index < -0.39 is 0 Å². The zero-order chi connectivity index (χ0) is 19.2. The molecule has 27 heavy (non-hydrogen) atoms. The van der Waals surface area contributed by atoms with Crippen molar-refractivity contribution in [3.8, 4) is 0 Å². The second-order valence-electron chi connectivity index (χ2n) is 7.67. The monoisotopic (exact) mass is 369 g/mol. The molecule has 1 aliphatic rings. The Morgan fingerprint density at radius 1 is 1.33 bits per heavy atom. The van der Waals surface area contributed by atoms with Gasteiger partial charge in [0.05, 0.1) is 0 Å². The highest BCUT2D eigenvalue weighted by Gasteiger charge is 2.27. The van der Waals surface area contributed by atoms with E-state index in [4.69, 9.17) is 0 Å². The number of anilines is 1. The van der Waals surface area contributed by atoms with Gasteiger partial charge in [0.1, 0.15) is 5.82 Å². The van der Waals surface area contributed by atoms with Gasteiger partial charge in [0.2, 0.25) is 0 Å². The summed E-state index contributed by atoms with van der Waals surface area (Å²) in [6, 6.07) is 7.88. The number of para-hydroxylation sites is 1. The second kappa shape index (κ2) is 9.04. The van der Waals surface area contributed by atoms with Crippen LogP contribution in [-0.2, 0) is 6.54 Å². The number of aromatic nitrogens is 2. The normalized spacial score (nSPS) is 17.3. The molecule has 1 fully saturated rings. The van der Waals surface area contributed by atoms with Gasteiger partial charge in [-0.25, -0.2) is 9.78 Å². The Morgan fingerprint density at radius 2 is 2.15 bits per heavy atom. The number of carbonyl (C=O) groups is 1. The fourth-order valence-electron chi connectivity index (χ4n) is 3.71. The third-order valence-electron chi connectivity index (χ3n) is 5.21. The smallest absolute Gasteiger partial charge is 0.321 e. The molecule has 0 saturated carbocycles. The number of amides is 2. The van der Waals surface area contributed by atoms with Gasteiger partial charge in [-0.05, 0) is 58.5 Å². The Morgan fingerprint density at radius 3 is 2.93 bits per heavy atom. The average molecular weight is 370 g/mol. The standard InChI is InChI=1S/C21H31N5O/c1-17-8-4-5-10-19(17)23-21(27)26-13-6-9-18(16-26)20-22-11-15-25(20)14-7-12-24(2)3/h4-5,8,10-11,15,18H,6-7,9,12-14,16H2,1-3H3,(H,23,27). The van der Waals surface area contributed by atoms with Crippen LogP contribution in [0.4, 0.5) is 10.5 Å². The number of piperidine rings is 1. The first kappa shape index (κ1) is 19.4. The highest BCUT2D eigenvalue weighted by Crippen LogP contribution is 2.26. The van der Waals surface area contributed by atoms with Crippen molar-refractivity contribution >= 4 is 11.7 Å². The quantitative estimate of drug-likeness (QED) is 0.847. The number of nitrogens with one attached hydrogen (secondary N) is 1. The molecule has 1 N–H and O–H groups in total.